The van der Waals surface area contributed by atoms with Gasteiger partial charge in [0, 0.05) is 30.9 Å². The maximum absolute atomic E-state index is 11.0. The van der Waals surface area contributed by atoms with Crippen molar-refractivity contribution in [2.75, 3.05) is 30.8 Å². The number of rotatable bonds is 6. The number of nitrogen functional groups attached to an aromatic ring is 1. The van der Waals surface area contributed by atoms with E-state index in [9.17, 15) is 4.79 Å². The monoisotopic (exact) mass is 236 g/mol. The molecule has 0 aliphatic carbocycles. The number of carbonyl (C=O) groups is 1. The molecule has 1 rings (SSSR count). The molecule has 0 amide bonds. The first-order chi connectivity index (χ1) is 8.17. The Morgan fingerprint density at radius 2 is 2.00 bits per heavy atom. The molecule has 0 radical (unpaired) electrons. The van der Waals surface area contributed by atoms with Crippen LogP contribution in [-0.4, -0.2) is 26.2 Å². The minimum atomic E-state index is -0.154. The molecule has 0 saturated heterocycles. The molecular formula is C13H20N2O2. The fourth-order valence-corrected chi connectivity index (χ4v) is 1.67. The van der Waals surface area contributed by atoms with Gasteiger partial charge in [-0.05, 0) is 37.6 Å². The molecular weight excluding hydrogens is 216 g/mol. The van der Waals surface area contributed by atoms with Crippen LogP contribution < -0.4 is 10.6 Å². The molecule has 0 unspecified atom stereocenters. The molecule has 4 nitrogen and oxygen atoms in total. The summed E-state index contributed by atoms with van der Waals surface area (Å²) in [6.07, 6.45) is 1.26. The Labute approximate surface area is 102 Å². The minimum absolute atomic E-state index is 0.154. The molecule has 0 atom stereocenters. The molecule has 4 heteroatoms. The summed E-state index contributed by atoms with van der Waals surface area (Å²) >= 11 is 0. The normalized spacial score (nSPS) is 10.0. The molecule has 0 fully saturated rings. The summed E-state index contributed by atoms with van der Waals surface area (Å²) in [6, 6.07) is 7.77. The molecule has 0 spiro atoms. The van der Waals surface area contributed by atoms with Gasteiger partial charge < -0.3 is 15.4 Å². The van der Waals surface area contributed by atoms with Crippen LogP contribution in [0.1, 0.15) is 19.8 Å². The van der Waals surface area contributed by atoms with Gasteiger partial charge in [0.1, 0.15) is 0 Å². The number of carbonyl (C=O) groups excluding carboxylic acids is 1. The lowest BCUT2D eigenvalue weighted by Crippen LogP contribution is -2.24. The maximum Gasteiger partial charge on any atom is 0.305 e. The highest BCUT2D eigenvalue weighted by Gasteiger charge is 2.06. The Morgan fingerprint density at radius 3 is 2.53 bits per heavy atom. The molecule has 0 bridgehead atoms. The second-order valence-electron chi connectivity index (χ2n) is 3.85. The van der Waals surface area contributed by atoms with Gasteiger partial charge in [0.25, 0.3) is 0 Å². The van der Waals surface area contributed by atoms with Crippen molar-refractivity contribution in [1.29, 1.82) is 0 Å². The van der Waals surface area contributed by atoms with E-state index in [2.05, 4.69) is 16.6 Å². The first-order valence-corrected chi connectivity index (χ1v) is 5.84. The second-order valence-corrected chi connectivity index (χ2v) is 3.85. The van der Waals surface area contributed by atoms with Gasteiger partial charge in [-0.15, -0.1) is 0 Å². The van der Waals surface area contributed by atoms with E-state index in [-0.39, 0.29) is 5.97 Å². The molecule has 0 aliphatic rings. The minimum Gasteiger partial charge on any atom is -0.469 e. The van der Waals surface area contributed by atoms with Gasteiger partial charge >= 0.3 is 5.97 Å². The van der Waals surface area contributed by atoms with E-state index in [1.807, 2.05) is 24.3 Å². The zero-order valence-electron chi connectivity index (χ0n) is 10.5. The summed E-state index contributed by atoms with van der Waals surface area (Å²) in [7, 11) is 1.42. The van der Waals surface area contributed by atoms with E-state index in [4.69, 9.17) is 5.73 Å². The van der Waals surface area contributed by atoms with Crippen molar-refractivity contribution >= 4 is 17.3 Å². The molecule has 0 heterocycles. The van der Waals surface area contributed by atoms with Crippen molar-refractivity contribution in [3.8, 4) is 0 Å². The van der Waals surface area contributed by atoms with Gasteiger partial charge in [0.05, 0.1) is 7.11 Å². The van der Waals surface area contributed by atoms with E-state index in [1.54, 1.807) is 0 Å². The fraction of sp³-hybridized carbons (Fsp3) is 0.462. The number of anilines is 2. The SMILES string of the molecule is CCN(CCCC(=O)OC)c1ccc(N)cc1. The molecule has 2 N–H and O–H groups in total. The van der Waals surface area contributed by atoms with Gasteiger partial charge in [-0.2, -0.15) is 0 Å². The van der Waals surface area contributed by atoms with E-state index >= 15 is 0 Å². The standard InChI is InChI=1S/C13H20N2O2/c1-3-15(10-4-5-13(16)17-2)12-8-6-11(14)7-9-12/h6-9H,3-5,10,14H2,1-2H3. The molecule has 1 aromatic carbocycles. The Hall–Kier alpha value is -1.71. The van der Waals surface area contributed by atoms with Crippen LogP contribution in [0.2, 0.25) is 0 Å². The average Bonchev–Trinajstić information content (AvgIpc) is 2.35. The van der Waals surface area contributed by atoms with Gasteiger partial charge in [0.2, 0.25) is 0 Å². The van der Waals surface area contributed by atoms with Crippen LogP contribution in [-0.2, 0) is 9.53 Å². The Balaban J connectivity index is 2.48. The first-order valence-electron chi connectivity index (χ1n) is 5.84. The largest absolute Gasteiger partial charge is 0.469 e. The topological polar surface area (TPSA) is 55.6 Å². The molecule has 0 aliphatic heterocycles. The van der Waals surface area contributed by atoms with Crippen molar-refractivity contribution in [2.24, 2.45) is 0 Å². The van der Waals surface area contributed by atoms with Crippen molar-refractivity contribution in [2.45, 2.75) is 19.8 Å². The zero-order valence-corrected chi connectivity index (χ0v) is 10.5. The summed E-state index contributed by atoms with van der Waals surface area (Å²) in [5.74, 6) is -0.154. The number of nitrogens with two attached hydrogens (primary N) is 1. The smallest absolute Gasteiger partial charge is 0.305 e. The quantitative estimate of drug-likeness (QED) is 0.606. The Morgan fingerprint density at radius 1 is 1.35 bits per heavy atom. The molecule has 0 aromatic heterocycles. The third-order valence-electron chi connectivity index (χ3n) is 2.68. The van der Waals surface area contributed by atoms with E-state index in [0.717, 1.165) is 30.9 Å². The van der Waals surface area contributed by atoms with E-state index in [1.165, 1.54) is 7.11 Å². The van der Waals surface area contributed by atoms with Crippen molar-refractivity contribution in [3.05, 3.63) is 24.3 Å². The molecule has 0 saturated carbocycles. The lowest BCUT2D eigenvalue weighted by atomic mass is 10.2. The summed E-state index contributed by atoms with van der Waals surface area (Å²) in [5.41, 5.74) is 7.54. The van der Waals surface area contributed by atoms with Gasteiger partial charge in [0.15, 0.2) is 0 Å². The van der Waals surface area contributed by atoms with Crippen LogP contribution in [0.25, 0.3) is 0 Å². The number of ether oxygens (including phenoxy) is 1. The Bertz CT molecular complexity index is 349. The third-order valence-corrected chi connectivity index (χ3v) is 2.68. The van der Waals surface area contributed by atoms with Crippen LogP contribution in [0.5, 0.6) is 0 Å². The second kappa shape index (κ2) is 6.78. The first kappa shape index (κ1) is 13.4. The van der Waals surface area contributed by atoms with Crippen molar-refractivity contribution in [1.82, 2.24) is 0 Å². The highest BCUT2D eigenvalue weighted by Crippen LogP contribution is 2.16. The van der Waals surface area contributed by atoms with Crippen LogP contribution in [0.3, 0.4) is 0 Å². The molecule has 94 valence electrons. The van der Waals surface area contributed by atoms with Crippen LogP contribution in [0.15, 0.2) is 24.3 Å². The molecule has 1 aromatic rings. The Kier molecular flexibility index (Phi) is 5.33. The summed E-state index contributed by atoms with van der Waals surface area (Å²) in [6.45, 7) is 3.84. The van der Waals surface area contributed by atoms with Gasteiger partial charge in [-0.3, -0.25) is 4.79 Å². The van der Waals surface area contributed by atoms with E-state index in [0.29, 0.717) is 6.42 Å². The summed E-state index contributed by atoms with van der Waals surface area (Å²) in [4.78, 5) is 13.2. The number of hydrogen-bond donors (Lipinski definition) is 1. The third kappa shape index (κ3) is 4.34. The van der Waals surface area contributed by atoms with E-state index < -0.39 is 0 Å². The summed E-state index contributed by atoms with van der Waals surface area (Å²) in [5, 5.41) is 0. The number of esters is 1. The van der Waals surface area contributed by atoms with Crippen LogP contribution in [0, 0.1) is 0 Å². The lowest BCUT2D eigenvalue weighted by molar-refractivity contribution is -0.140. The highest BCUT2D eigenvalue weighted by molar-refractivity contribution is 5.69. The van der Waals surface area contributed by atoms with Crippen LogP contribution in [0.4, 0.5) is 11.4 Å². The predicted octanol–water partition coefficient (Wildman–Crippen LogP) is 2.05. The van der Waals surface area contributed by atoms with Gasteiger partial charge in [-0.25, -0.2) is 0 Å². The maximum atomic E-state index is 11.0. The predicted molar refractivity (Wildman–Crippen MR) is 70.0 cm³/mol. The number of hydrogen-bond acceptors (Lipinski definition) is 4. The number of benzene rings is 1. The lowest BCUT2D eigenvalue weighted by Gasteiger charge is -2.22. The highest BCUT2D eigenvalue weighted by atomic mass is 16.5. The molecule has 17 heavy (non-hydrogen) atoms. The number of nitrogens with zero attached hydrogens (tertiary/aromatic N) is 1. The van der Waals surface area contributed by atoms with Crippen LogP contribution >= 0.6 is 0 Å². The average molecular weight is 236 g/mol. The number of methoxy groups -OCH3 is 1. The van der Waals surface area contributed by atoms with Gasteiger partial charge in [-0.1, -0.05) is 0 Å². The van der Waals surface area contributed by atoms with Crippen molar-refractivity contribution < 1.29 is 9.53 Å². The van der Waals surface area contributed by atoms with Crippen molar-refractivity contribution in [3.63, 3.8) is 0 Å². The fourth-order valence-electron chi connectivity index (χ4n) is 1.67. The zero-order chi connectivity index (χ0) is 12.7. The summed E-state index contributed by atoms with van der Waals surface area (Å²) < 4.78 is 4.61.